The molecule has 0 saturated carbocycles. The quantitative estimate of drug-likeness (QED) is 0.353. The SMILES string of the molecule is CN(C)c1ccc(-c2c[nH]c3c(C(=O)N(S(=O)O)S(=O)O)cc(-c4ccccc4)cc23)cc1. The van der Waals surface area contributed by atoms with Gasteiger partial charge >= 0.3 is 0 Å². The molecule has 10 heteroatoms. The van der Waals surface area contributed by atoms with Gasteiger partial charge in [0.2, 0.25) is 0 Å². The monoisotopic (exact) mass is 483 g/mol. The van der Waals surface area contributed by atoms with E-state index in [-0.39, 0.29) is 9.27 Å². The summed E-state index contributed by atoms with van der Waals surface area (Å²) in [6.45, 7) is 0. The van der Waals surface area contributed by atoms with Gasteiger partial charge in [0, 0.05) is 36.9 Å². The van der Waals surface area contributed by atoms with E-state index in [1.54, 1.807) is 12.3 Å². The Morgan fingerprint density at radius 1 is 0.848 bits per heavy atom. The fraction of sp³-hybridized carbons (Fsp3) is 0.0870. The van der Waals surface area contributed by atoms with Crippen molar-refractivity contribution in [3.63, 3.8) is 0 Å². The molecule has 0 bridgehead atoms. The number of nitrogens with zero attached hydrogens (tertiary/aromatic N) is 2. The zero-order valence-electron chi connectivity index (χ0n) is 17.8. The third-order valence-electron chi connectivity index (χ3n) is 5.27. The first-order chi connectivity index (χ1) is 15.8. The fourth-order valence-electron chi connectivity index (χ4n) is 3.67. The van der Waals surface area contributed by atoms with E-state index in [4.69, 9.17) is 0 Å². The minimum Gasteiger partial charge on any atom is -0.378 e. The molecule has 2 atom stereocenters. The molecule has 3 N–H and O–H groups in total. The van der Waals surface area contributed by atoms with Crippen LogP contribution < -0.4 is 4.90 Å². The fourth-order valence-corrected chi connectivity index (χ4v) is 4.59. The summed E-state index contributed by atoms with van der Waals surface area (Å²) in [5, 5.41) is 0.699. The molecule has 33 heavy (non-hydrogen) atoms. The molecule has 0 fully saturated rings. The molecule has 0 aliphatic heterocycles. The number of rotatable bonds is 6. The number of hydrogen-bond donors (Lipinski definition) is 3. The first kappa shape index (κ1) is 22.9. The van der Waals surface area contributed by atoms with Crippen molar-refractivity contribution in [1.29, 1.82) is 0 Å². The number of carbonyl (C=O) groups is 1. The van der Waals surface area contributed by atoms with Crippen molar-refractivity contribution in [3.8, 4) is 22.3 Å². The lowest BCUT2D eigenvalue weighted by atomic mass is 9.96. The van der Waals surface area contributed by atoms with Gasteiger partial charge in [-0.2, -0.15) is 0 Å². The highest BCUT2D eigenvalue weighted by Gasteiger charge is 2.29. The van der Waals surface area contributed by atoms with Crippen molar-refractivity contribution in [1.82, 2.24) is 8.69 Å². The number of H-pyrrole nitrogens is 1. The van der Waals surface area contributed by atoms with Crippen molar-refractivity contribution >= 4 is 45.0 Å². The molecular formula is C23H21N3O5S2. The number of fused-ring (bicyclic) bond motifs is 1. The van der Waals surface area contributed by atoms with Crippen LogP contribution >= 0.6 is 0 Å². The molecule has 0 spiro atoms. The molecule has 8 nitrogen and oxygen atoms in total. The van der Waals surface area contributed by atoms with Crippen LogP contribution in [0.4, 0.5) is 5.69 Å². The Morgan fingerprint density at radius 3 is 2.06 bits per heavy atom. The molecule has 0 radical (unpaired) electrons. The minimum absolute atomic E-state index is 0.00677. The lowest BCUT2D eigenvalue weighted by Gasteiger charge is -2.15. The van der Waals surface area contributed by atoms with E-state index < -0.39 is 28.4 Å². The first-order valence-electron chi connectivity index (χ1n) is 9.82. The Bertz CT molecular complexity index is 1350. The second kappa shape index (κ2) is 9.28. The van der Waals surface area contributed by atoms with Crippen LogP contribution in [0.1, 0.15) is 10.4 Å². The second-order valence-corrected chi connectivity index (χ2v) is 9.36. The maximum absolute atomic E-state index is 13.1. The average Bonchev–Trinajstić information content (AvgIpc) is 3.22. The summed E-state index contributed by atoms with van der Waals surface area (Å²) in [5.41, 5.74) is 4.67. The van der Waals surface area contributed by atoms with Crippen molar-refractivity contribution in [2.24, 2.45) is 0 Å². The summed E-state index contributed by atoms with van der Waals surface area (Å²) in [4.78, 5) is 18.1. The van der Waals surface area contributed by atoms with E-state index in [9.17, 15) is 22.3 Å². The summed E-state index contributed by atoms with van der Waals surface area (Å²) in [7, 11) is 3.90. The number of anilines is 1. The number of hydrogen-bond acceptors (Lipinski definition) is 4. The van der Waals surface area contributed by atoms with Gasteiger partial charge in [-0.3, -0.25) is 13.9 Å². The minimum atomic E-state index is -2.98. The van der Waals surface area contributed by atoms with Crippen LogP contribution in [-0.2, 0) is 22.5 Å². The van der Waals surface area contributed by atoms with Crippen LogP contribution in [0, 0.1) is 0 Å². The van der Waals surface area contributed by atoms with Crippen LogP contribution in [0.15, 0.2) is 72.9 Å². The largest absolute Gasteiger partial charge is 0.378 e. The van der Waals surface area contributed by atoms with Crippen LogP contribution in [0.25, 0.3) is 33.2 Å². The number of amides is 1. The Balaban J connectivity index is 1.95. The first-order valence-corrected chi connectivity index (χ1v) is 12.0. The molecule has 3 aromatic carbocycles. The second-order valence-electron chi connectivity index (χ2n) is 7.48. The summed E-state index contributed by atoms with van der Waals surface area (Å²) in [6, 6.07) is 20.7. The molecule has 4 rings (SSSR count). The smallest absolute Gasteiger partial charge is 0.283 e. The van der Waals surface area contributed by atoms with Gasteiger partial charge in [-0.05, 0) is 41.0 Å². The van der Waals surface area contributed by atoms with Gasteiger partial charge in [0.1, 0.15) is 0 Å². The topological polar surface area (TPSA) is 114 Å². The van der Waals surface area contributed by atoms with E-state index in [1.165, 1.54) is 0 Å². The van der Waals surface area contributed by atoms with Crippen molar-refractivity contribution in [3.05, 3.63) is 78.5 Å². The third-order valence-corrected chi connectivity index (χ3v) is 6.94. The van der Waals surface area contributed by atoms with E-state index in [0.717, 1.165) is 22.4 Å². The summed E-state index contributed by atoms with van der Waals surface area (Å²) in [6.07, 6.45) is 1.75. The van der Waals surface area contributed by atoms with E-state index >= 15 is 0 Å². The molecule has 0 saturated heterocycles. The molecule has 1 aromatic heterocycles. The van der Waals surface area contributed by atoms with Gasteiger partial charge in [-0.25, -0.2) is 8.42 Å². The van der Waals surface area contributed by atoms with Crippen molar-refractivity contribution in [2.75, 3.05) is 19.0 Å². The molecule has 0 aliphatic carbocycles. The average molecular weight is 484 g/mol. The van der Waals surface area contributed by atoms with E-state index in [1.807, 2.05) is 79.7 Å². The molecule has 0 aliphatic rings. The molecule has 4 aromatic rings. The number of carbonyl (C=O) groups excluding carboxylic acids is 1. The predicted octanol–water partition coefficient (Wildman–Crippen LogP) is 4.28. The van der Waals surface area contributed by atoms with E-state index in [0.29, 0.717) is 16.5 Å². The van der Waals surface area contributed by atoms with Gasteiger partial charge in [0.25, 0.3) is 28.4 Å². The van der Waals surface area contributed by atoms with Crippen LogP contribution in [0.2, 0.25) is 0 Å². The van der Waals surface area contributed by atoms with Gasteiger partial charge in [-0.1, -0.05) is 42.5 Å². The maximum Gasteiger partial charge on any atom is 0.283 e. The Morgan fingerprint density at radius 2 is 1.48 bits per heavy atom. The summed E-state index contributed by atoms with van der Waals surface area (Å²) < 4.78 is 42.1. The van der Waals surface area contributed by atoms with Crippen molar-refractivity contribution < 1.29 is 22.3 Å². The van der Waals surface area contributed by atoms with Gasteiger partial charge < -0.3 is 9.88 Å². The highest BCUT2D eigenvalue weighted by atomic mass is 32.3. The zero-order valence-corrected chi connectivity index (χ0v) is 19.4. The lowest BCUT2D eigenvalue weighted by molar-refractivity contribution is 0.0921. The molecular weight excluding hydrogens is 462 g/mol. The van der Waals surface area contributed by atoms with E-state index in [2.05, 4.69) is 4.98 Å². The number of aromatic nitrogens is 1. The number of benzene rings is 3. The Kier molecular flexibility index (Phi) is 6.43. The third kappa shape index (κ3) is 4.46. The maximum atomic E-state index is 13.1. The van der Waals surface area contributed by atoms with Gasteiger partial charge in [-0.15, -0.1) is 3.71 Å². The van der Waals surface area contributed by atoms with Crippen LogP contribution in [-0.4, -0.2) is 46.2 Å². The van der Waals surface area contributed by atoms with Crippen molar-refractivity contribution in [2.45, 2.75) is 0 Å². The standard InChI is InChI=1S/C23H21N3O5S2/c1-25(2)18-10-8-16(9-11-18)21-14-24-22-19(21)12-17(15-6-4-3-5-7-15)13-20(22)23(27)26(32(28)29)33(30)31/h3-14,24H,1-2H3,(H,28,29)(H,30,31). The van der Waals surface area contributed by atoms with Crippen LogP contribution in [0.3, 0.4) is 0 Å². The molecule has 1 amide bonds. The van der Waals surface area contributed by atoms with Crippen LogP contribution in [0.5, 0.6) is 0 Å². The Hall–Kier alpha value is -3.31. The molecule has 170 valence electrons. The summed E-state index contributed by atoms with van der Waals surface area (Å²) in [5.74, 6) is -1.05. The zero-order chi connectivity index (χ0) is 23.7. The lowest BCUT2D eigenvalue weighted by Crippen LogP contribution is -2.34. The Labute approximate surface area is 195 Å². The number of aromatic amines is 1. The normalized spacial score (nSPS) is 13.0. The predicted molar refractivity (Wildman–Crippen MR) is 131 cm³/mol. The summed E-state index contributed by atoms with van der Waals surface area (Å²) >= 11 is -5.96. The van der Waals surface area contributed by atoms with Gasteiger partial charge in [0.05, 0.1) is 11.1 Å². The highest BCUT2D eigenvalue weighted by molar-refractivity contribution is 7.93. The molecule has 2 unspecified atom stereocenters. The van der Waals surface area contributed by atoms with Gasteiger partial charge in [0.15, 0.2) is 0 Å². The molecule has 1 heterocycles. The highest BCUT2D eigenvalue weighted by Crippen LogP contribution is 2.35. The number of nitrogens with one attached hydrogen (secondary N) is 1.